The molecule has 1 aromatic heterocycles. The smallest absolute Gasteiger partial charge is 0.261 e. The van der Waals surface area contributed by atoms with Crippen molar-refractivity contribution in [3.05, 3.63) is 50.2 Å². The number of nitrogens with one attached hydrogen (secondary N) is 2. The lowest BCUT2D eigenvalue weighted by Crippen LogP contribution is -2.24. The van der Waals surface area contributed by atoms with Crippen molar-refractivity contribution in [1.82, 2.24) is 5.32 Å². The van der Waals surface area contributed by atoms with Gasteiger partial charge >= 0.3 is 0 Å². The lowest BCUT2D eigenvalue weighted by atomic mass is 10.2. The number of rotatable bonds is 6. The van der Waals surface area contributed by atoms with Gasteiger partial charge in [-0.05, 0) is 58.7 Å². The van der Waals surface area contributed by atoms with Gasteiger partial charge in [0.15, 0.2) is 0 Å². The summed E-state index contributed by atoms with van der Waals surface area (Å²) < 4.78 is 1.08. The van der Waals surface area contributed by atoms with Crippen LogP contribution in [0.4, 0.5) is 5.69 Å². The normalized spacial score (nSPS) is 10.1. The molecule has 0 saturated carbocycles. The van der Waals surface area contributed by atoms with E-state index >= 15 is 0 Å². The molecule has 2 aromatic rings. The minimum Gasteiger partial charge on any atom is -0.351 e. The van der Waals surface area contributed by atoms with Gasteiger partial charge in [-0.3, -0.25) is 9.59 Å². The number of anilines is 1. The average Bonchev–Trinajstić information content (AvgIpc) is 2.97. The van der Waals surface area contributed by atoms with E-state index in [-0.39, 0.29) is 11.8 Å². The van der Waals surface area contributed by atoms with Crippen molar-refractivity contribution in [3.8, 4) is 0 Å². The predicted molar refractivity (Wildman–Crippen MR) is 93.7 cm³/mol. The molecular weight excluding hydrogens is 399 g/mol. The van der Waals surface area contributed by atoms with Crippen molar-refractivity contribution >= 4 is 51.4 Å². The topological polar surface area (TPSA) is 58.2 Å². The summed E-state index contributed by atoms with van der Waals surface area (Å²) in [6, 6.07) is 11.3. The monoisotopic (exact) mass is 414 g/mol. The third-order valence-corrected chi connectivity index (χ3v) is 4.26. The van der Waals surface area contributed by atoms with E-state index in [0.29, 0.717) is 24.3 Å². The lowest BCUT2D eigenvalue weighted by Gasteiger charge is -2.06. The molecule has 0 bridgehead atoms. The zero-order chi connectivity index (χ0) is 15.1. The summed E-state index contributed by atoms with van der Waals surface area (Å²) in [7, 11) is 0. The van der Waals surface area contributed by atoms with Crippen LogP contribution in [-0.4, -0.2) is 18.4 Å². The fourth-order valence-corrected chi connectivity index (χ4v) is 2.92. The van der Waals surface area contributed by atoms with Crippen LogP contribution >= 0.6 is 33.9 Å². The number of halogens is 1. The van der Waals surface area contributed by atoms with Gasteiger partial charge in [-0.15, -0.1) is 11.3 Å². The van der Waals surface area contributed by atoms with Gasteiger partial charge in [0.05, 0.1) is 4.88 Å². The minimum atomic E-state index is -0.0805. The third kappa shape index (κ3) is 5.47. The van der Waals surface area contributed by atoms with Crippen molar-refractivity contribution in [2.45, 2.75) is 12.8 Å². The molecule has 2 amide bonds. The molecule has 2 rings (SSSR count). The molecule has 1 heterocycles. The molecule has 110 valence electrons. The Morgan fingerprint density at radius 1 is 1.19 bits per heavy atom. The second-order valence-electron chi connectivity index (χ2n) is 4.40. The summed E-state index contributed by atoms with van der Waals surface area (Å²) >= 11 is 3.61. The number of amides is 2. The van der Waals surface area contributed by atoms with Crippen molar-refractivity contribution in [1.29, 1.82) is 0 Å². The Labute approximate surface area is 141 Å². The molecular formula is C15H15IN2O2S. The molecule has 2 N–H and O–H groups in total. The molecule has 0 radical (unpaired) electrons. The van der Waals surface area contributed by atoms with E-state index in [1.54, 1.807) is 6.07 Å². The molecule has 21 heavy (non-hydrogen) atoms. The van der Waals surface area contributed by atoms with Crippen LogP contribution in [0.2, 0.25) is 0 Å². The molecule has 0 atom stereocenters. The van der Waals surface area contributed by atoms with Gasteiger partial charge in [0.1, 0.15) is 0 Å². The number of hydrogen-bond donors (Lipinski definition) is 2. The highest BCUT2D eigenvalue weighted by molar-refractivity contribution is 14.1. The maximum absolute atomic E-state index is 11.8. The highest BCUT2D eigenvalue weighted by atomic mass is 127. The Kier molecular flexibility index (Phi) is 6.19. The Morgan fingerprint density at radius 3 is 2.76 bits per heavy atom. The standard InChI is InChI=1S/C15H15IN2O2S/c16-11-4-1-5-12(10-11)18-14(19)7-2-8-17-15(20)13-6-3-9-21-13/h1,3-6,9-10H,2,7-8H2,(H,17,20)(H,18,19). The average molecular weight is 414 g/mol. The summed E-state index contributed by atoms with van der Waals surface area (Å²) in [5.74, 6) is -0.120. The van der Waals surface area contributed by atoms with Gasteiger partial charge in [-0.1, -0.05) is 12.1 Å². The second kappa shape index (κ2) is 8.14. The van der Waals surface area contributed by atoms with Crippen LogP contribution in [-0.2, 0) is 4.79 Å². The van der Waals surface area contributed by atoms with Crippen LogP contribution in [0.25, 0.3) is 0 Å². The molecule has 0 spiro atoms. The van der Waals surface area contributed by atoms with Crippen molar-refractivity contribution in [3.63, 3.8) is 0 Å². The molecule has 0 fully saturated rings. The van der Waals surface area contributed by atoms with Crippen LogP contribution in [0.15, 0.2) is 41.8 Å². The fourth-order valence-electron chi connectivity index (χ4n) is 1.74. The van der Waals surface area contributed by atoms with Gasteiger partial charge in [-0.2, -0.15) is 0 Å². The van der Waals surface area contributed by atoms with E-state index in [1.807, 2.05) is 35.7 Å². The van der Waals surface area contributed by atoms with Gasteiger partial charge in [0.2, 0.25) is 5.91 Å². The van der Waals surface area contributed by atoms with E-state index in [9.17, 15) is 9.59 Å². The molecule has 0 aliphatic carbocycles. The number of hydrogen-bond acceptors (Lipinski definition) is 3. The molecule has 4 nitrogen and oxygen atoms in total. The predicted octanol–water partition coefficient (Wildman–Crippen LogP) is 3.50. The Balaban J connectivity index is 1.67. The molecule has 0 unspecified atom stereocenters. The summed E-state index contributed by atoms with van der Waals surface area (Å²) in [6.07, 6.45) is 1.00. The van der Waals surface area contributed by atoms with Crippen molar-refractivity contribution in [2.75, 3.05) is 11.9 Å². The summed E-state index contributed by atoms with van der Waals surface area (Å²) in [5.41, 5.74) is 0.800. The third-order valence-electron chi connectivity index (χ3n) is 2.72. The Bertz CT molecular complexity index is 614. The number of thiophene rings is 1. The number of benzene rings is 1. The number of carbonyl (C=O) groups is 2. The first-order valence-electron chi connectivity index (χ1n) is 6.52. The molecule has 0 saturated heterocycles. The largest absolute Gasteiger partial charge is 0.351 e. The summed E-state index contributed by atoms with van der Waals surface area (Å²) in [4.78, 5) is 24.1. The fraction of sp³-hybridized carbons (Fsp3) is 0.200. The van der Waals surface area contributed by atoms with E-state index in [2.05, 4.69) is 33.2 Å². The lowest BCUT2D eigenvalue weighted by molar-refractivity contribution is -0.116. The summed E-state index contributed by atoms with van der Waals surface area (Å²) in [6.45, 7) is 0.497. The summed E-state index contributed by atoms with van der Waals surface area (Å²) in [5, 5.41) is 7.51. The first-order valence-corrected chi connectivity index (χ1v) is 8.48. The molecule has 6 heteroatoms. The van der Waals surface area contributed by atoms with E-state index in [1.165, 1.54) is 11.3 Å². The molecule has 0 aliphatic rings. The van der Waals surface area contributed by atoms with Gasteiger partial charge < -0.3 is 10.6 Å². The van der Waals surface area contributed by atoms with Crippen LogP contribution in [0.3, 0.4) is 0 Å². The van der Waals surface area contributed by atoms with Crippen LogP contribution in [0.1, 0.15) is 22.5 Å². The SMILES string of the molecule is O=C(CCCNC(=O)c1cccs1)Nc1cccc(I)c1. The zero-order valence-electron chi connectivity index (χ0n) is 11.3. The maximum atomic E-state index is 11.8. The van der Waals surface area contributed by atoms with Crippen molar-refractivity contribution < 1.29 is 9.59 Å². The van der Waals surface area contributed by atoms with Gasteiger partial charge in [0.25, 0.3) is 5.91 Å². The Morgan fingerprint density at radius 2 is 2.05 bits per heavy atom. The van der Waals surface area contributed by atoms with Gasteiger partial charge in [-0.25, -0.2) is 0 Å². The van der Waals surface area contributed by atoms with E-state index in [0.717, 1.165) is 9.26 Å². The van der Waals surface area contributed by atoms with Crippen molar-refractivity contribution in [2.24, 2.45) is 0 Å². The highest BCUT2D eigenvalue weighted by Gasteiger charge is 2.06. The first-order chi connectivity index (χ1) is 10.1. The van der Waals surface area contributed by atoms with E-state index < -0.39 is 0 Å². The van der Waals surface area contributed by atoms with E-state index in [4.69, 9.17) is 0 Å². The van der Waals surface area contributed by atoms with Crippen LogP contribution in [0, 0.1) is 3.57 Å². The maximum Gasteiger partial charge on any atom is 0.261 e. The number of carbonyl (C=O) groups excluding carboxylic acids is 2. The minimum absolute atomic E-state index is 0.0395. The van der Waals surface area contributed by atoms with Crippen LogP contribution < -0.4 is 10.6 Å². The molecule has 1 aromatic carbocycles. The zero-order valence-corrected chi connectivity index (χ0v) is 14.2. The van der Waals surface area contributed by atoms with Crippen LogP contribution in [0.5, 0.6) is 0 Å². The molecule has 0 aliphatic heterocycles. The first kappa shape index (κ1) is 16.0. The Hall–Kier alpha value is -1.41. The second-order valence-corrected chi connectivity index (χ2v) is 6.59. The quantitative estimate of drug-likeness (QED) is 0.562. The van der Waals surface area contributed by atoms with Gasteiger partial charge in [0, 0.05) is 22.2 Å². The highest BCUT2D eigenvalue weighted by Crippen LogP contribution is 2.12.